The van der Waals surface area contributed by atoms with Gasteiger partial charge in [-0.2, -0.15) is 0 Å². The fourth-order valence-corrected chi connectivity index (χ4v) is 2.32. The van der Waals surface area contributed by atoms with Gasteiger partial charge in [-0.05, 0) is 29.9 Å². The Bertz CT molecular complexity index is 413. The number of hydrogen-bond acceptors (Lipinski definition) is 2. The predicted molar refractivity (Wildman–Crippen MR) is 71.7 cm³/mol. The molecule has 17 heavy (non-hydrogen) atoms. The lowest BCUT2D eigenvalue weighted by Gasteiger charge is -2.24. The van der Waals surface area contributed by atoms with Crippen LogP contribution in [0.5, 0.6) is 5.75 Å². The van der Waals surface area contributed by atoms with Gasteiger partial charge >= 0.3 is 0 Å². The summed E-state index contributed by atoms with van der Waals surface area (Å²) in [5.41, 5.74) is 8.94. The Balaban J connectivity index is 2.48. The van der Waals surface area contributed by atoms with Crippen molar-refractivity contribution in [3.63, 3.8) is 0 Å². The second-order valence-corrected chi connectivity index (χ2v) is 6.15. The van der Waals surface area contributed by atoms with E-state index in [0.717, 1.165) is 12.3 Å². The van der Waals surface area contributed by atoms with Crippen molar-refractivity contribution in [2.24, 2.45) is 5.73 Å². The maximum absolute atomic E-state index is 5.93. The highest BCUT2D eigenvalue weighted by molar-refractivity contribution is 5.47. The van der Waals surface area contributed by atoms with E-state index in [9.17, 15) is 0 Å². The van der Waals surface area contributed by atoms with Gasteiger partial charge in [0.05, 0.1) is 7.11 Å². The van der Waals surface area contributed by atoms with Gasteiger partial charge in [-0.1, -0.05) is 32.9 Å². The highest BCUT2D eigenvalue weighted by Gasteiger charge is 2.45. The standard InChI is InChI=1S/C15H23NO/c1-14(2,3)11-5-6-13(17-4)12(9-11)15(10-16)7-8-15/h5-6,9H,7-8,10,16H2,1-4H3. The second kappa shape index (κ2) is 4.02. The van der Waals surface area contributed by atoms with E-state index in [1.807, 2.05) is 0 Å². The Morgan fingerprint density at radius 3 is 2.35 bits per heavy atom. The van der Waals surface area contributed by atoms with Crippen LogP contribution in [0.15, 0.2) is 18.2 Å². The number of rotatable bonds is 3. The molecule has 0 amide bonds. The molecule has 1 fully saturated rings. The Morgan fingerprint density at radius 2 is 1.94 bits per heavy atom. The van der Waals surface area contributed by atoms with Gasteiger partial charge in [-0.15, -0.1) is 0 Å². The van der Waals surface area contributed by atoms with Crippen molar-refractivity contribution < 1.29 is 4.74 Å². The van der Waals surface area contributed by atoms with Crippen LogP contribution >= 0.6 is 0 Å². The first-order chi connectivity index (χ1) is 7.93. The molecule has 2 heteroatoms. The molecule has 0 aromatic heterocycles. The van der Waals surface area contributed by atoms with Crippen molar-refractivity contribution in [2.45, 2.75) is 44.4 Å². The average molecular weight is 233 g/mol. The molecule has 0 saturated heterocycles. The monoisotopic (exact) mass is 233 g/mol. The van der Waals surface area contributed by atoms with E-state index in [0.29, 0.717) is 0 Å². The predicted octanol–water partition coefficient (Wildman–Crippen LogP) is 2.98. The van der Waals surface area contributed by atoms with Crippen molar-refractivity contribution in [1.29, 1.82) is 0 Å². The third-order valence-electron chi connectivity index (χ3n) is 3.88. The van der Waals surface area contributed by atoms with Crippen LogP contribution < -0.4 is 10.5 Å². The molecule has 2 nitrogen and oxygen atoms in total. The van der Waals surface area contributed by atoms with Gasteiger partial charge in [0, 0.05) is 17.5 Å². The topological polar surface area (TPSA) is 35.2 Å². The zero-order valence-electron chi connectivity index (χ0n) is 11.3. The van der Waals surface area contributed by atoms with Gasteiger partial charge in [0.15, 0.2) is 0 Å². The number of benzene rings is 1. The normalized spacial score (nSPS) is 17.9. The number of hydrogen-bond donors (Lipinski definition) is 1. The van der Waals surface area contributed by atoms with Crippen LogP contribution in [0.4, 0.5) is 0 Å². The zero-order chi connectivity index (χ0) is 12.7. The summed E-state index contributed by atoms with van der Waals surface area (Å²) in [7, 11) is 1.74. The zero-order valence-corrected chi connectivity index (χ0v) is 11.3. The van der Waals surface area contributed by atoms with Crippen LogP contribution in [0.25, 0.3) is 0 Å². The van der Waals surface area contributed by atoms with E-state index in [4.69, 9.17) is 10.5 Å². The quantitative estimate of drug-likeness (QED) is 0.871. The number of nitrogens with two attached hydrogens (primary N) is 1. The van der Waals surface area contributed by atoms with E-state index < -0.39 is 0 Å². The summed E-state index contributed by atoms with van der Waals surface area (Å²) in [6, 6.07) is 6.54. The first-order valence-corrected chi connectivity index (χ1v) is 6.32. The highest BCUT2D eigenvalue weighted by Crippen LogP contribution is 2.51. The SMILES string of the molecule is COc1ccc(C(C)(C)C)cc1C1(CN)CC1. The maximum atomic E-state index is 5.93. The van der Waals surface area contributed by atoms with Crippen molar-refractivity contribution in [3.05, 3.63) is 29.3 Å². The van der Waals surface area contributed by atoms with E-state index in [2.05, 4.69) is 39.0 Å². The molecule has 1 aromatic carbocycles. The Kier molecular flexibility index (Phi) is 2.94. The molecule has 2 N–H and O–H groups in total. The molecule has 1 aliphatic rings. The van der Waals surface area contributed by atoms with Gasteiger partial charge in [0.2, 0.25) is 0 Å². The Labute approximate surface area is 104 Å². The van der Waals surface area contributed by atoms with Crippen LogP contribution in [-0.4, -0.2) is 13.7 Å². The summed E-state index contributed by atoms with van der Waals surface area (Å²) in [5.74, 6) is 0.987. The van der Waals surface area contributed by atoms with Crippen LogP contribution in [-0.2, 0) is 10.8 Å². The lowest BCUT2D eigenvalue weighted by molar-refractivity contribution is 0.403. The molecule has 0 heterocycles. The molecule has 94 valence electrons. The lowest BCUT2D eigenvalue weighted by atomic mass is 9.83. The first kappa shape index (κ1) is 12.4. The van der Waals surface area contributed by atoms with Crippen LogP contribution in [0, 0.1) is 0 Å². The maximum Gasteiger partial charge on any atom is 0.122 e. The first-order valence-electron chi connectivity index (χ1n) is 6.32. The summed E-state index contributed by atoms with van der Waals surface area (Å²) in [6.07, 6.45) is 2.38. The molecule has 0 aliphatic heterocycles. The summed E-state index contributed by atoms with van der Waals surface area (Å²) >= 11 is 0. The Morgan fingerprint density at radius 1 is 1.29 bits per heavy atom. The summed E-state index contributed by atoms with van der Waals surface area (Å²) in [5, 5.41) is 0. The lowest BCUT2D eigenvalue weighted by Crippen LogP contribution is -2.22. The molecule has 0 spiro atoms. The minimum Gasteiger partial charge on any atom is -0.496 e. The summed E-state index contributed by atoms with van der Waals surface area (Å²) in [4.78, 5) is 0. The second-order valence-electron chi connectivity index (χ2n) is 6.15. The van der Waals surface area contributed by atoms with Crippen LogP contribution in [0.2, 0.25) is 0 Å². The summed E-state index contributed by atoms with van der Waals surface area (Å²) < 4.78 is 5.49. The highest BCUT2D eigenvalue weighted by atomic mass is 16.5. The molecule has 1 aliphatic carbocycles. The average Bonchev–Trinajstić information content (AvgIpc) is 3.08. The molecule has 2 rings (SSSR count). The fourth-order valence-electron chi connectivity index (χ4n) is 2.32. The van der Waals surface area contributed by atoms with E-state index in [1.54, 1.807) is 7.11 Å². The van der Waals surface area contributed by atoms with E-state index >= 15 is 0 Å². The van der Waals surface area contributed by atoms with Gasteiger partial charge in [-0.3, -0.25) is 0 Å². The number of methoxy groups -OCH3 is 1. The molecule has 0 bridgehead atoms. The third kappa shape index (κ3) is 2.19. The molecule has 1 aromatic rings. The molecular formula is C15H23NO. The van der Waals surface area contributed by atoms with Gasteiger partial charge < -0.3 is 10.5 Å². The van der Waals surface area contributed by atoms with Gasteiger partial charge in [0.1, 0.15) is 5.75 Å². The Hall–Kier alpha value is -1.02. The molecule has 0 radical (unpaired) electrons. The molecule has 0 atom stereocenters. The number of ether oxygens (including phenoxy) is 1. The largest absolute Gasteiger partial charge is 0.496 e. The smallest absolute Gasteiger partial charge is 0.122 e. The minimum absolute atomic E-state index is 0.172. The van der Waals surface area contributed by atoms with Crippen molar-refractivity contribution >= 4 is 0 Å². The van der Waals surface area contributed by atoms with Crippen molar-refractivity contribution in [2.75, 3.05) is 13.7 Å². The molecule has 1 saturated carbocycles. The fraction of sp³-hybridized carbons (Fsp3) is 0.600. The minimum atomic E-state index is 0.172. The molecular weight excluding hydrogens is 210 g/mol. The van der Waals surface area contributed by atoms with Crippen LogP contribution in [0.1, 0.15) is 44.7 Å². The van der Waals surface area contributed by atoms with E-state index in [1.165, 1.54) is 24.0 Å². The summed E-state index contributed by atoms with van der Waals surface area (Å²) in [6.45, 7) is 7.43. The van der Waals surface area contributed by atoms with Crippen molar-refractivity contribution in [3.8, 4) is 5.75 Å². The van der Waals surface area contributed by atoms with Crippen LogP contribution in [0.3, 0.4) is 0 Å². The van der Waals surface area contributed by atoms with Gasteiger partial charge in [-0.25, -0.2) is 0 Å². The third-order valence-corrected chi connectivity index (χ3v) is 3.88. The van der Waals surface area contributed by atoms with Gasteiger partial charge in [0.25, 0.3) is 0 Å². The van der Waals surface area contributed by atoms with E-state index in [-0.39, 0.29) is 10.8 Å². The van der Waals surface area contributed by atoms with Crippen molar-refractivity contribution in [1.82, 2.24) is 0 Å². The molecule has 0 unspecified atom stereocenters.